The van der Waals surface area contributed by atoms with Gasteiger partial charge in [-0.2, -0.15) is 9.59 Å². The van der Waals surface area contributed by atoms with Crippen molar-refractivity contribution in [2.75, 3.05) is 5.32 Å². The second-order valence-electron chi connectivity index (χ2n) is 3.75. The van der Waals surface area contributed by atoms with Crippen molar-refractivity contribution in [2.45, 2.75) is 6.92 Å². The predicted octanol–water partition coefficient (Wildman–Crippen LogP) is 2.60. The lowest BCUT2D eigenvalue weighted by Gasteiger charge is -2.08. The number of amides is 1. The minimum atomic E-state index is -0.207. The van der Waals surface area contributed by atoms with Crippen LogP contribution in [0.5, 0.6) is 0 Å². The molecule has 5 nitrogen and oxygen atoms in total. The van der Waals surface area contributed by atoms with Crippen LogP contribution in [0.3, 0.4) is 0 Å². The van der Waals surface area contributed by atoms with Gasteiger partial charge < -0.3 is 5.32 Å². The van der Waals surface area contributed by atoms with E-state index in [0.717, 1.165) is 10.6 Å². The number of hydrogen-bond donors (Lipinski definition) is 2. The number of aryl methyl sites for hydroxylation is 1. The van der Waals surface area contributed by atoms with Crippen LogP contribution >= 0.6 is 23.6 Å². The number of carbonyl (C=O) groups excluding carboxylic acids is 3. The van der Waals surface area contributed by atoms with E-state index in [0.29, 0.717) is 10.7 Å². The van der Waals surface area contributed by atoms with E-state index in [-0.39, 0.29) is 12.1 Å². The van der Waals surface area contributed by atoms with E-state index in [9.17, 15) is 4.79 Å². The normalized spacial score (nSPS) is 8.81. The number of carbonyl (C=O) groups is 1. The fourth-order valence-corrected chi connectivity index (χ4v) is 2.29. The molecule has 0 radical (unpaired) electrons. The largest absolute Gasteiger partial charge is 0.373 e. The average Bonchev–Trinajstić information content (AvgIpc) is 2.86. The molecule has 0 unspecified atom stereocenters. The Balaban J connectivity index is 0.000000677. The third kappa shape index (κ3) is 5.66. The Morgan fingerprint density at radius 3 is 2.33 bits per heavy atom. The lowest BCUT2D eigenvalue weighted by Crippen LogP contribution is -2.34. The summed E-state index contributed by atoms with van der Waals surface area (Å²) in [5.41, 5.74) is 1.52. The first-order valence-electron chi connectivity index (χ1n) is 5.79. The first-order chi connectivity index (χ1) is 10.1. The molecular formula is C14H12N2O3S2. The molecule has 1 heterocycles. The van der Waals surface area contributed by atoms with E-state index >= 15 is 0 Å². The van der Waals surface area contributed by atoms with Crippen LogP contribution in [-0.4, -0.2) is 17.2 Å². The van der Waals surface area contributed by atoms with Crippen molar-refractivity contribution in [3.05, 3.63) is 52.2 Å². The average molecular weight is 320 g/mol. The molecule has 2 N–H and O–H groups in total. The summed E-state index contributed by atoms with van der Waals surface area (Å²) in [4.78, 5) is 29.2. The Labute approximate surface area is 131 Å². The third-order valence-corrected chi connectivity index (χ3v) is 3.42. The van der Waals surface area contributed by atoms with Crippen molar-refractivity contribution in [2.24, 2.45) is 0 Å². The van der Waals surface area contributed by atoms with Crippen molar-refractivity contribution >= 4 is 46.4 Å². The highest BCUT2D eigenvalue weighted by Gasteiger charge is 2.08. The summed E-state index contributed by atoms with van der Waals surface area (Å²) >= 11 is 6.73. The van der Waals surface area contributed by atoms with Gasteiger partial charge in [-0.3, -0.25) is 10.1 Å². The molecular weight excluding hydrogens is 308 g/mol. The summed E-state index contributed by atoms with van der Waals surface area (Å²) in [7, 11) is 0. The molecule has 2 rings (SSSR count). The van der Waals surface area contributed by atoms with Crippen molar-refractivity contribution in [1.82, 2.24) is 5.32 Å². The molecule has 0 fully saturated rings. The Hall–Kier alpha value is -2.34. The molecule has 1 amide bonds. The highest BCUT2D eigenvalue weighted by molar-refractivity contribution is 7.80. The van der Waals surface area contributed by atoms with Gasteiger partial charge in [-0.15, -0.1) is 11.3 Å². The van der Waals surface area contributed by atoms with Gasteiger partial charge in [-0.1, -0.05) is 18.2 Å². The zero-order valence-corrected chi connectivity index (χ0v) is 12.7. The fraction of sp³-hybridized carbons (Fsp3) is 0.0714. The van der Waals surface area contributed by atoms with Gasteiger partial charge in [0.1, 0.15) is 0 Å². The number of thiocarbonyl (C=S) groups is 1. The minimum absolute atomic E-state index is 0.207. The number of hydrogen-bond acceptors (Lipinski definition) is 5. The molecule has 0 aliphatic rings. The van der Waals surface area contributed by atoms with E-state index < -0.39 is 0 Å². The van der Waals surface area contributed by atoms with E-state index in [1.54, 1.807) is 23.5 Å². The van der Waals surface area contributed by atoms with Crippen LogP contribution in [-0.2, 0) is 9.59 Å². The van der Waals surface area contributed by atoms with Gasteiger partial charge in [0.25, 0.3) is 5.91 Å². The molecule has 1 aromatic carbocycles. The maximum Gasteiger partial charge on any atom is 0.373 e. The smallest absolute Gasteiger partial charge is 0.331 e. The topological polar surface area (TPSA) is 75.3 Å². The Morgan fingerprint density at radius 2 is 1.81 bits per heavy atom. The molecule has 0 spiro atoms. The molecule has 0 saturated carbocycles. The van der Waals surface area contributed by atoms with Gasteiger partial charge in [-0.05, 0) is 42.7 Å². The van der Waals surface area contributed by atoms with Crippen molar-refractivity contribution in [3.8, 4) is 0 Å². The number of benzene rings is 1. The van der Waals surface area contributed by atoms with Crippen LogP contribution in [0.15, 0.2) is 41.8 Å². The van der Waals surface area contributed by atoms with Gasteiger partial charge in [0, 0.05) is 10.4 Å². The summed E-state index contributed by atoms with van der Waals surface area (Å²) in [6, 6.07) is 10.9. The van der Waals surface area contributed by atoms with E-state index in [1.165, 1.54) is 0 Å². The summed E-state index contributed by atoms with van der Waals surface area (Å²) in [6.07, 6.45) is 0.250. The molecule has 0 atom stereocenters. The van der Waals surface area contributed by atoms with Gasteiger partial charge in [0.05, 0.1) is 5.69 Å². The van der Waals surface area contributed by atoms with Crippen LogP contribution in [0.4, 0.5) is 5.69 Å². The lowest BCUT2D eigenvalue weighted by molar-refractivity contribution is -0.191. The maximum atomic E-state index is 11.8. The third-order valence-electron chi connectivity index (χ3n) is 2.37. The van der Waals surface area contributed by atoms with E-state index in [4.69, 9.17) is 21.8 Å². The molecule has 2 aromatic rings. The van der Waals surface area contributed by atoms with Crippen LogP contribution in [0, 0.1) is 6.92 Å². The summed E-state index contributed by atoms with van der Waals surface area (Å²) in [5, 5.41) is 7.93. The van der Waals surface area contributed by atoms with Crippen molar-refractivity contribution in [3.63, 3.8) is 0 Å². The summed E-state index contributed by atoms with van der Waals surface area (Å²) < 4.78 is 0. The van der Waals surface area contributed by atoms with Crippen LogP contribution in [0.25, 0.3) is 0 Å². The molecule has 1 aromatic heterocycles. The van der Waals surface area contributed by atoms with Crippen molar-refractivity contribution in [1.29, 1.82) is 0 Å². The number of anilines is 1. The first kappa shape index (κ1) is 16.7. The van der Waals surface area contributed by atoms with Gasteiger partial charge in [0.2, 0.25) is 0 Å². The Morgan fingerprint density at radius 1 is 1.19 bits per heavy atom. The van der Waals surface area contributed by atoms with Gasteiger partial charge in [0.15, 0.2) is 5.11 Å². The quantitative estimate of drug-likeness (QED) is 0.832. The molecule has 0 aliphatic heterocycles. The monoisotopic (exact) mass is 320 g/mol. The maximum absolute atomic E-state index is 11.8. The van der Waals surface area contributed by atoms with Crippen LogP contribution in [0.1, 0.15) is 15.2 Å². The molecule has 0 saturated heterocycles. The van der Waals surface area contributed by atoms with Gasteiger partial charge in [-0.25, -0.2) is 0 Å². The lowest BCUT2D eigenvalue weighted by atomic mass is 10.2. The van der Waals surface area contributed by atoms with Crippen molar-refractivity contribution < 1.29 is 14.4 Å². The molecule has 7 heteroatoms. The first-order valence-corrected chi connectivity index (χ1v) is 7.08. The second kappa shape index (κ2) is 8.76. The highest BCUT2D eigenvalue weighted by Crippen LogP contribution is 2.20. The number of rotatable bonds is 2. The van der Waals surface area contributed by atoms with E-state index in [1.807, 2.05) is 36.6 Å². The molecule has 0 aliphatic carbocycles. The molecule has 21 heavy (non-hydrogen) atoms. The molecule has 0 bridgehead atoms. The zero-order chi connectivity index (χ0) is 15.7. The van der Waals surface area contributed by atoms with E-state index in [2.05, 4.69) is 10.6 Å². The second-order valence-corrected chi connectivity index (χ2v) is 5.28. The number of thiophene rings is 1. The minimum Gasteiger partial charge on any atom is -0.331 e. The SMILES string of the molecule is Cc1sccc1NC(=S)NC(=O)c1ccccc1.O=C=O. The Kier molecular flexibility index (Phi) is 6.97. The zero-order valence-electron chi connectivity index (χ0n) is 11.1. The fourth-order valence-electron chi connectivity index (χ4n) is 1.43. The summed E-state index contributed by atoms with van der Waals surface area (Å²) in [5.74, 6) is -0.207. The standard InChI is InChI=1S/C13H12N2OS2.CO2/c1-9-11(7-8-18-9)14-13(17)15-12(16)10-5-3-2-4-6-10;2-1-3/h2-8H,1H3,(H2,14,15,16,17);. The molecule has 108 valence electrons. The highest BCUT2D eigenvalue weighted by atomic mass is 32.1. The number of nitrogens with one attached hydrogen (secondary N) is 2. The van der Waals surface area contributed by atoms with Crippen LogP contribution < -0.4 is 10.6 Å². The van der Waals surface area contributed by atoms with Gasteiger partial charge >= 0.3 is 6.15 Å². The van der Waals surface area contributed by atoms with Crippen LogP contribution in [0.2, 0.25) is 0 Å². The predicted molar refractivity (Wildman–Crippen MR) is 84.2 cm³/mol. The Bertz CT molecular complexity index is 647. The summed E-state index contributed by atoms with van der Waals surface area (Å²) in [6.45, 7) is 1.99.